The molecule has 0 spiro atoms. The molecule has 0 aliphatic carbocycles. The molecule has 2 rings (SSSR count). The molecule has 0 bridgehead atoms. The van der Waals surface area contributed by atoms with Crippen LogP contribution in [-0.4, -0.2) is 42.6 Å². The van der Waals surface area contributed by atoms with Gasteiger partial charge in [-0.1, -0.05) is 0 Å². The third kappa shape index (κ3) is 3.26. The molecule has 1 fully saturated rings. The van der Waals surface area contributed by atoms with Gasteiger partial charge in [0.1, 0.15) is 0 Å². The van der Waals surface area contributed by atoms with Crippen molar-refractivity contribution in [3.05, 3.63) is 6.20 Å². The van der Waals surface area contributed by atoms with E-state index >= 15 is 0 Å². The molecule has 0 unspecified atom stereocenters. The molecule has 1 aliphatic heterocycles. The molecule has 94 valence electrons. The zero-order valence-corrected chi connectivity index (χ0v) is 10.4. The molecule has 2 heterocycles. The lowest BCUT2D eigenvalue weighted by Crippen LogP contribution is -2.61. The van der Waals surface area contributed by atoms with Crippen LogP contribution in [0.2, 0.25) is 0 Å². The van der Waals surface area contributed by atoms with E-state index in [0.29, 0.717) is 6.61 Å². The first-order valence-corrected chi connectivity index (χ1v) is 6.60. The zero-order chi connectivity index (χ0) is 12.1. The lowest BCUT2D eigenvalue weighted by Gasteiger charge is -2.17. The van der Waals surface area contributed by atoms with Gasteiger partial charge >= 0.3 is 12.0 Å². The van der Waals surface area contributed by atoms with Crippen molar-refractivity contribution in [2.45, 2.75) is 6.92 Å². The van der Waals surface area contributed by atoms with Crippen LogP contribution in [0.25, 0.3) is 0 Å². The number of hydrogen-bond acceptors (Lipinski definition) is 6. The summed E-state index contributed by atoms with van der Waals surface area (Å²) in [4.78, 5) is 12.8. The number of carbonyl (C=O) groups excluding carboxylic acids is 1. The van der Waals surface area contributed by atoms with Gasteiger partial charge in [0.25, 0.3) is 6.20 Å². The number of hydrogen-bond donors (Lipinski definition) is 1. The van der Waals surface area contributed by atoms with Crippen molar-refractivity contribution >= 4 is 23.7 Å². The summed E-state index contributed by atoms with van der Waals surface area (Å²) >= 11 is 1.91. The highest BCUT2D eigenvalue weighted by Crippen LogP contribution is 2.06. The van der Waals surface area contributed by atoms with Crippen molar-refractivity contribution in [1.82, 2.24) is 5.27 Å². The Balaban J connectivity index is 1.93. The highest BCUT2D eigenvalue weighted by atomic mass is 32.2. The Hall–Kier alpha value is -1.44. The fourth-order valence-corrected chi connectivity index (χ4v) is 2.34. The largest absolute Gasteiger partial charge is 0.450 e. The first-order chi connectivity index (χ1) is 8.29. The number of nitrogens with zero attached hydrogens (tertiary/aromatic N) is 3. The van der Waals surface area contributed by atoms with Crippen molar-refractivity contribution in [3.8, 4) is 0 Å². The van der Waals surface area contributed by atoms with Gasteiger partial charge in [-0.15, -0.1) is 0 Å². The Morgan fingerprint density at radius 3 is 3.18 bits per heavy atom. The molecular formula is C9H15N4O3S+. The predicted octanol–water partition coefficient (Wildman–Crippen LogP) is 0.215. The van der Waals surface area contributed by atoms with Gasteiger partial charge in [0.2, 0.25) is 5.27 Å². The highest BCUT2D eigenvalue weighted by Gasteiger charge is 2.23. The van der Waals surface area contributed by atoms with Gasteiger partial charge in [-0.3, -0.25) is 9.84 Å². The number of rotatable bonds is 3. The highest BCUT2D eigenvalue weighted by molar-refractivity contribution is 7.99. The summed E-state index contributed by atoms with van der Waals surface area (Å²) in [5.41, 5.74) is 0. The monoisotopic (exact) mass is 259 g/mol. The molecule has 0 radical (unpaired) electrons. The number of anilines is 1. The molecule has 1 amide bonds. The van der Waals surface area contributed by atoms with Gasteiger partial charge in [-0.05, 0) is 6.92 Å². The van der Waals surface area contributed by atoms with Crippen molar-refractivity contribution < 1.29 is 18.8 Å². The van der Waals surface area contributed by atoms with Crippen molar-refractivity contribution in [2.24, 2.45) is 0 Å². The molecule has 17 heavy (non-hydrogen) atoms. The summed E-state index contributed by atoms with van der Waals surface area (Å²) in [6.07, 6.45) is 1.09. The van der Waals surface area contributed by atoms with Crippen LogP contribution in [0.3, 0.4) is 0 Å². The molecule has 1 aromatic heterocycles. The van der Waals surface area contributed by atoms with Crippen LogP contribution < -0.4 is 15.1 Å². The Bertz CT molecular complexity index is 378. The van der Waals surface area contributed by atoms with E-state index < -0.39 is 6.09 Å². The number of carbonyl (C=O) groups is 1. The quantitative estimate of drug-likeness (QED) is 0.783. The van der Waals surface area contributed by atoms with E-state index in [1.807, 2.05) is 11.8 Å². The minimum Gasteiger partial charge on any atom is -0.450 e. The van der Waals surface area contributed by atoms with Gasteiger partial charge in [-0.25, -0.2) is 4.79 Å². The Kier molecular flexibility index (Phi) is 4.08. The Morgan fingerprint density at radius 1 is 1.71 bits per heavy atom. The summed E-state index contributed by atoms with van der Waals surface area (Å²) in [5.74, 6) is 2.42. The van der Waals surface area contributed by atoms with E-state index in [9.17, 15) is 4.79 Å². The van der Waals surface area contributed by atoms with Crippen LogP contribution in [0.1, 0.15) is 6.92 Å². The summed E-state index contributed by atoms with van der Waals surface area (Å²) in [6, 6.07) is 0. The van der Waals surface area contributed by atoms with Crippen molar-refractivity contribution in [2.75, 3.05) is 41.5 Å². The molecule has 1 N–H and O–H groups in total. The topological polar surface area (TPSA) is 71.5 Å². The minimum absolute atomic E-state index is 0.279. The first-order valence-electron chi connectivity index (χ1n) is 5.45. The minimum atomic E-state index is -0.537. The van der Waals surface area contributed by atoms with E-state index in [1.54, 1.807) is 17.9 Å². The summed E-state index contributed by atoms with van der Waals surface area (Å²) in [7, 11) is 0. The Morgan fingerprint density at radius 2 is 2.47 bits per heavy atom. The number of thioether (sulfide) groups is 1. The smallest absolute Gasteiger partial charge is 0.414 e. The van der Waals surface area contributed by atoms with Gasteiger partial charge in [-0.2, -0.15) is 16.8 Å². The van der Waals surface area contributed by atoms with Crippen molar-refractivity contribution in [3.63, 3.8) is 0 Å². The van der Waals surface area contributed by atoms with Gasteiger partial charge < -0.3 is 4.74 Å². The SMILES string of the molecule is CCOC(=O)Nc1c[n+](N2CCSCC2)no1. The van der Waals surface area contributed by atoms with Gasteiger partial charge in [0.15, 0.2) is 0 Å². The van der Waals surface area contributed by atoms with Gasteiger partial charge in [0, 0.05) is 11.5 Å². The molecule has 8 heteroatoms. The van der Waals surface area contributed by atoms with Crippen LogP contribution in [0.4, 0.5) is 10.7 Å². The lowest BCUT2D eigenvalue weighted by atomic mass is 10.6. The average molecular weight is 259 g/mol. The first kappa shape index (κ1) is 12.0. The molecule has 1 aromatic rings. The fraction of sp³-hybridized carbons (Fsp3) is 0.667. The van der Waals surface area contributed by atoms with Crippen LogP contribution in [0, 0.1) is 0 Å². The summed E-state index contributed by atoms with van der Waals surface area (Å²) in [6.45, 7) is 3.90. The number of aromatic nitrogens is 2. The molecule has 0 saturated carbocycles. The van der Waals surface area contributed by atoms with E-state index in [2.05, 4.69) is 15.6 Å². The second kappa shape index (κ2) is 5.76. The normalized spacial score (nSPS) is 15.7. The van der Waals surface area contributed by atoms with E-state index in [0.717, 1.165) is 24.6 Å². The van der Waals surface area contributed by atoms with Crippen LogP contribution in [-0.2, 0) is 4.74 Å². The second-order valence-corrected chi connectivity index (χ2v) is 4.62. The molecule has 1 aliphatic rings. The number of amides is 1. The lowest BCUT2D eigenvalue weighted by molar-refractivity contribution is -0.757. The standard InChI is InChI=1S/C9H14N4O3S/c1-2-15-9(14)10-8-7-13(11-16-8)12-3-5-17-6-4-12/h7H,2-6H2,1H3/p+1. The van der Waals surface area contributed by atoms with Crippen LogP contribution in [0.5, 0.6) is 0 Å². The van der Waals surface area contributed by atoms with Crippen LogP contribution >= 0.6 is 11.8 Å². The average Bonchev–Trinajstić information content (AvgIpc) is 2.79. The third-order valence-electron chi connectivity index (χ3n) is 2.23. The van der Waals surface area contributed by atoms with E-state index in [4.69, 9.17) is 9.26 Å². The summed E-state index contributed by atoms with van der Waals surface area (Å²) in [5, 5.41) is 8.35. The molecule has 0 aromatic carbocycles. The predicted molar refractivity (Wildman–Crippen MR) is 62.6 cm³/mol. The van der Waals surface area contributed by atoms with E-state index in [1.165, 1.54) is 0 Å². The fourth-order valence-electron chi connectivity index (χ4n) is 1.45. The third-order valence-corrected chi connectivity index (χ3v) is 3.18. The van der Waals surface area contributed by atoms with Gasteiger partial charge in [0.05, 0.1) is 24.5 Å². The van der Waals surface area contributed by atoms with Crippen LogP contribution in [0.15, 0.2) is 10.7 Å². The Labute approximate surface area is 103 Å². The maximum atomic E-state index is 11.2. The second-order valence-electron chi connectivity index (χ2n) is 3.40. The van der Waals surface area contributed by atoms with Crippen molar-refractivity contribution in [1.29, 1.82) is 0 Å². The summed E-state index contributed by atoms with van der Waals surface area (Å²) < 4.78 is 9.72. The molecule has 7 nitrogen and oxygen atoms in total. The number of ether oxygens (including phenoxy) is 1. The maximum Gasteiger partial charge on any atom is 0.414 e. The molecule has 1 saturated heterocycles. The molecule has 0 atom stereocenters. The maximum absolute atomic E-state index is 11.2. The zero-order valence-electron chi connectivity index (χ0n) is 9.59. The molecular weight excluding hydrogens is 244 g/mol. The van der Waals surface area contributed by atoms with E-state index in [-0.39, 0.29) is 5.88 Å². The number of nitrogens with one attached hydrogen (secondary N) is 1.